The topological polar surface area (TPSA) is 43.2 Å². The van der Waals surface area contributed by atoms with E-state index in [0.717, 1.165) is 43.3 Å². The Morgan fingerprint density at radius 2 is 2.00 bits per heavy atom. The number of ether oxygens (including phenoxy) is 1. The van der Waals surface area contributed by atoms with Gasteiger partial charge in [0, 0.05) is 57.5 Å². The lowest BCUT2D eigenvalue weighted by Gasteiger charge is -2.25. The summed E-state index contributed by atoms with van der Waals surface area (Å²) in [6, 6.07) is 4.59. The molecule has 1 saturated heterocycles. The number of nitrogens with zero attached hydrogens (tertiary/aromatic N) is 4. The summed E-state index contributed by atoms with van der Waals surface area (Å²) in [4.78, 5) is 11.0. The van der Waals surface area contributed by atoms with Crippen LogP contribution in [-0.4, -0.2) is 41.8 Å². The van der Waals surface area contributed by atoms with Gasteiger partial charge in [0.25, 0.3) is 0 Å². The Morgan fingerprint density at radius 3 is 2.65 bits per heavy atom. The molecule has 1 aliphatic rings. The second-order valence-corrected chi connectivity index (χ2v) is 5.30. The summed E-state index contributed by atoms with van der Waals surface area (Å²) < 4.78 is 7.69. The van der Waals surface area contributed by atoms with E-state index >= 15 is 0 Å². The van der Waals surface area contributed by atoms with Crippen molar-refractivity contribution in [1.82, 2.24) is 14.5 Å². The molecule has 5 nitrogen and oxygen atoms in total. The summed E-state index contributed by atoms with van der Waals surface area (Å²) in [7, 11) is 3.98. The van der Waals surface area contributed by atoms with Crippen molar-refractivity contribution in [3.63, 3.8) is 0 Å². The maximum atomic E-state index is 5.43. The highest BCUT2D eigenvalue weighted by Crippen LogP contribution is 2.27. The smallest absolute Gasteiger partial charge is 0.141 e. The van der Waals surface area contributed by atoms with Crippen molar-refractivity contribution in [2.75, 3.05) is 32.2 Å². The molecule has 0 aromatic carbocycles. The molecule has 0 aliphatic carbocycles. The minimum atomic E-state index is 0.481. The Bertz CT molecular complexity index is 556. The third kappa shape index (κ3) is 2.54. The Balaban J connectivity index is 1.88. The van der Waals surface area contributed by atoms with E-state index in [1.807, 2.05) is 37.5 Å². The first-order valence-corrected chi connectivity index (χ1v) is 7.00. The first-order chi connectivity index (χ1) is 9.75. The zero-order valence-electron chi connectivity index (χ0n) is 12.0. The van der Waals surface area contributed by atoms with E-state index in [9.17, 15) is 0 Å². The van der Waals surface area contributed by atoms with Gasteiger partial charge >= 0.3 is 0 Å². The number of hydrogen-bond donors (Lipinski definition) is 0. The molecule has 2 aromatic heterocycles. The van der Waals surface area contributed by atoms with Gasteiger partial charge in [-0.15, -0.1) is 0 Å². The van der Waals surface area contributed by atoms with Crippen LogP contribution in [0.2, 0.25) is 0 Å². The fraction of sp³-hybridized carbons (Fsp3) is 0.467. The number of anilines is 1. The molecular weight excluding hydrogens is 252 g/mol. The summed E-state index contributed by atoms with van der Waals surface area (Å²) >= 11 is 0. The van der Waals surface area contributed by atoms with Crippen LogP contribution in [0, 0.1) is 0 Å². The van der Waals surface area contributed by atoms with Gasteiger partial charge in [0.15, 0.2) is 0 Å². The summed E-state index contributed by atoms with van der Waals surface area (Å²) in [6.07, 6.45) is 7.92. The minimum Gasteiger partial charge on any atom is -0.381 e. The maximum absolute atomic E-state index is 5.43. The van der Waals surface area contributed by atoms with E-state index in [-0.39, 0.29) is 0 Å². The monoisotopic (exact) mass is 272 g/mol. The predicted molar refractivity (Wildman–Crippen MR) is 78.9 cm³/mol. The van der Waals surface area contributed by atoms with Crippen LogP contribution >= 0.6 is 0 Å². The van der Waals surface area contributed by atoms with E-state index in [2.05, 4.69) is 26.8 Å². The quantitative estimate of drug-likeness (QED) is 0.860. The molecule has 3 rings (SSSR count). The molecule has 106 valence electrons. The number of aromatic nitrogens is 3. The van der Waals surface area contributed by atoms with E-state index < -0.39 is 0 Å². The van der Waals surface area contributed by atoms with Crippen LogP contribution in [0.4, 0.5) is 5.82 Å². The highest BCUT2D eigenvalue weighted by atomic mass is 16.5. The number of hydrogen-bond acceptors (Lipinski definition) is 4. The third-order valence-corrected chi connectivity index (χ3v) is 3.72. The summed E-state index contributed by atoms with van der Waals surface area (Å²) in [5.41, 5.74) is 1.06. The maximum Gasteiger partial charge on any atom is 0.141 e. The van der Waals surface area contributed by atoms with E-state index in [4.69, 9.17) is 4.74 Å². The summed E-state index contributed by atoms with van der Waals surface area (Å²) in [5, 5.41) is 0. The highest BCUT2D eigenvalue weighted by Gasteiger charge is 2.19. The standard InChI is InChI=1S/C15H20N4O/c1-18(2)14-4-3-12(11-17-14)15-16-7-8-19(15)13-5-9-20-10-6-13/h3-4,7-8,11,13H,5-6,9-10H2,1-2H3. The molecule has 0 spiro atoms. The number of pyridine rings is 1. The van der Waals surface area contributed by atoms with Gasteiger partial charge in [-0.05, 0) is 25.0 Å². The Kier molecular flexibility index (Phi) is 3.69. The van der Waals surface area contributed by atoms with Crippen molar-refractivity contribution in [2.45, 2.75) is 18.9 Å². The van der Waals surface area contributed by atoms with Gasteiger partial charge in [-0.3, -0.25) is 0 Å². The van der Waals surface area contributed by atoms with E-state index in [1.54, 1.807) is 0 Å². The van der Waals surface area contributed by atoms with Crippen LogP contribution in [0.15, 0.2) is 30.7 Å². The van der Waals surface area contributed by atoms with Gasteiger partial charge < -0.3 is 14.2 Å². The first-order valence-electron chi connectivity index (χ1n) is 7.00. The molecule has 3 heterocycles. The van der Waals surface area contributed by atoms with Gasteiger partial charge in [-0.1, -0.05) is 0 Å². The SMILES string of the molecule is CN(C)c1ccc(-c2nccn2C2CCOCC2)cn1. The van der Waals surface area contributed by atoms with E-state index in [0.29, 0.717) is 6.04 Å². The van der Waals surface area contributed by atoms with Crippen molar-refractivity contribution in [3.05, 3.63) is 30.7 Å². The van der Waals surface area contributed by atoms with Crippen LogP contribution in [0.1, 0.15) is 18.9 Å². The zero-order chi connectivity index (χ0) is 13.9. The van der Waals surface area contributed by atoms with Crippen LogP contribution in [0.25, 0.3) is 11.4 Å². The lowest BCUT2D eigenvalue weighted by atomic mass is 10.1. The first kappa shape index (κ1) is 13.1. The lowest BCUT2D eigenvalue weighted by molar-refractivity contribution is 0.0700. The molecule has 20 heavy (non-hydrogen) atoms. The van der Waals surface area contributed by atoms with Crippen molar-refractivity contribution < 1.29 is 4.74 Å². The summed E-state index contributed by atoms with van der Waals surface area (Å²) in [5.74, 6) is 1.95. The fourth-order valence-corrected chi connectivity index (χ4v) is 2.58. The minimum absolute atomic E-state index is 0.481. The number of rotatable bonds is 3. The fourth-order valence-electron chi connectivity index (χ4n) is 2.58. The van der Waals surface area contributed by atoms with Crippen LogP contribution < -0.4 is 4.90 Å². The third-order valence-electron chi connectivity index (χ3n) is 3.72. The Hall–Kier alpha value is -1.88. The number of imidazole rings is 1. The lowest BCUT2D eigenvalue weighted by Crippen LogP contribution is -2.19. The predicted octanol–water partition coefficient (Wildman–Crippen LogP) is 2.36. The van der Waals surface area contributed by atoms with Gasteiger partial charge in [0.1, 0.15) is 11.6 Å². The summed E-state index contributed by atoms with van der Waals surface area (Å²) in [6.45, 7) is 1.67. The largest absolute Gasteiger partial charge is 0.381 e. The van der Waals surface area contributed by atoms with Gasteiger partial charge in [-0.2, -0.15) is 0 Å². The molecule has 1 aliphatic heterocycles. The van der Waals surface area contributed by atoms with Crippen molar-refractivity contribution in [2.24, 2.45) is 0 Å². The van der Waals surface area contributed by atoms with Crippen molar-refractivity contribution in [1.29, 1.82) is 0 Å². The molecule has 0 amide bonds. The van der Waals surface area contributed by atoms with Crippen molar-refractivity contribution >= 4 is 5.82 Å². The molecule has 2 aromatic rings. The molecule has 0 saturated carbocycles. The van der Waals surface area contributed by atoms with Crippen molar-refractivity contribution in [3.8, 4) is 11.4 Å². The second kappa shape index (κ2) is 5.63. The van der Waals surface area contributed by atoms with Crippen LogP contribution in [0.5, 0.6) is 0 Å². The Labute approximate surface area is 119 Å². The van der Waals surface area contributed by atoms with Crippen LogP contribution in [0.3, 0.4) is 0 Å². The van der Waals surface area contributed by atoms with Crippen LogP contribution in [-0.2, 0) is 4.74 Å². The van der Waals surface area contributed by atoms with E-state index in [1.165, 1.54) is 0 Å². The van der Waals surface area contributed by atoms with Gasteiger partial charge in [0.2, 0.25) is 0 Å². The molecule has 5 heteroatoms. The molecule has 0 unspecified atom stereocenters. The zero-order valence-corrected chi connectivity index (χ0v) is 12.0. The molecule has 0 radical (unpaired) electrons. The average molecular weight is 272 g/mol. The van der Waals surface area contributed by atoms with Gasteiger partial charge in [0.05, 0.1) is 0 Å². The Morgan fingerprint density at radius 1 is 1.20 bits per heavy atom. The molecule has 0 N–H and O–H groups in total. The highest BCUT2D eigenvalue weighted by molar-refractivity contribution is 5.57. The molecule has 0 atom stereocenters. The molecule has 0 bridgehead atoms. The molecule has 1 fully saturated rings. The molecular formula is C15H20N4O. The normalized spacial score (nSPS) is 16.3. The average Bonchev–Trinajstić information content (AvgIpc) is 2.97. The van der Waals surface area contributed by atoms with Gasteiger partial charge in [-0.25, -0.2) is 9.97 Å². The second-order valence-electron chi connectivity index (χ2n) is 5.30.